The summed E-state index contributed by atoms with van der Waals surface area (Å²) in [6.07, 6.45) is 1.35. The molecule has 6 atom stereocenters. The maximum absolute atomic E-state index is 13.3. The second kappa shape index (κ2) is 15.0. The Morgan fingerprint density at radius 2 is 1.64 bits per heavy atom. The van der Waals surface area contributed by atoms with Gasteiger partial charge in [-0.05, 0) is 59.0 Å². The highest BCUT2D eigenvalue weighted by molar-refractivity contribution is 5.93. The normalized spacial score (nSPS) is 22.4. The molecule has 0 radical (unpaired) electrons. The predicted octanol–water partition coefficient (Wildman–Crippen LogP) is 5.60. The lowest BCUT2D eigenvalue weighted by molar-refractivity contribution is -0.938. The second-order valence-electron chi connectivity index (χ2n) is 15.4. The van der Waals surface area contributed by atoms with Crippen molar-refractivity contribution in [3.05, 3.63) is 124 Å². The zero-order chi connectivity index (χ0) is 38.3. The largest absolute Gasteiger partial charge is 0.506 e. The van der Waals surface area contributed by atoms with Crippen molar-refractivity contribution in [3.8, 4) is 16.9 Å². The van der Waals surface area contributed by atoms with Crippen LogP contribution in [0.4, 0.5) is 16.2 Å². The van der Waals surface area contributed by atoms with Crippen molar-refractivity contribution >= 4 is 34.3 Å². The Kier molecular flexibility index (Phi) is 9.91. The zero-order valence-electron chi connectivity index (χ0n) is 30.8. The van der Waals surface area contributed by atoms with E-state index in [1.54, 1.807) is 12.1 Å². The number of nitrogens with one attached hydrogen (secondary N) is 4. The first-order chi connectivity index (χ1) is 26.5. The number of anilines is 2. The number of phenolic OH excluding ortho intramolecular Hbond substituents is 1. The molecular formula is C43H46N5O7+. The van der Waals surface area contributed by atoms with Gasteiger partial charge >= 0.3 is 6.09 Å². The highest BCUT2D eigenvalue weighted by Gasteiger charge is 2.70. The summed E-state index contributed by atoms with van der Waals surface area (Å²) in [5.74, 6) is -0.188. The average Bonchev–Trinajstić information content (AvgIpc) is 3.94. The first-order valence-corrected chi connectivity index (χ1v) is 18.8. The van der Waals surface area contributed by atoms with E-state index in [4.69, 9.17) is 9.47 Å². The maximum Gasteiger partial charge on any atom is 0.411 e. The van der Waals surface area contributed by atoms with Gasteiger partial charge in [-0.3, -0.25) is 14.9 Å². The van der Waals surface area contributed by atoms with Crippen LogP contribution in [0.5, 0.6) is 5.75 Å². The number of piperidine rings is 1. The number of benzene rings is 4. The highest BCUT2D eigenvalue weighted by Crippen LogP contribution is 2.51. The van der Waals surface area contributed by atoms with E-state index in [0.29, 0.717) is 52.9 Å². The van der Waals surface area contributed by atoms with Gasteiger partial charge in [-0.2, -0.15) is 0 Å². The minimum atomic E-state index is -0.868. The molecule has 4 heterocycles. The van der Waals surface area contributed by atoms with Crippen molar-refractivity contribution in [2.45, 2.75) is 68.7 Å². The summed E-state index contributed by atoms with van der Waals surface area (Å²) in [6.45, 7) is 0.730. The van der Waals surface area contributed by atoms with Crippen LogP contribution in [-0.2, 0) is 27.2 Å². The number of aromatic amines is 1. The van der Waals surface area contributed by atoms with Crippen molar-refractivity contribution in [2.75, 3.05) is 31.3 Å². The van der Waals surface area contributed by atoms with Gasteiger partial charge in [0, 0.05) is 55.1 Å². The third kappa shape index (κ3) is 7.72. The molecule has 2 amide bonds. The molecule has 284 valence electrons. The van der Waals surface area contributed by atoms with E-state index < -0.39 is 12.2 Å². The Bertz CT molecular complexity index is 2260. The molecule has 3 fully saturated rings. The summed E-state index contributed by atoms with van der Waals surface area (Å²) in [4.78, 5) is 40.6. The van der Waals surface area contributed by atoms with Crippen molar-refractivity contribution in [1.29, 1.82) is 0 Å². The molecule has 12 nitrogen and oxygen atoms in total. The van der Waals surface area contributed by atoms with E-state index in [2.05, 4.69) is 35.0 Å². The molecule has 0 unspecified atom stereocenters. The maximum atomic E-state index is 13.3. The fourth-order valence-electron chi connectivity index (χ4n) is 8.51. The molecule has 8 rings (SSSR count). The number of carbonyl (C=O) groups is 2. The Morgan fingerprint density at radius 1 is 0.909 bits per heavy atom. The summed E-state index contributed by atoms with van der Waals surface area (Å²) in [5.41, 5.74) is 5.57. The van der Waals surface area contributed by atoms with Crippen molar-refractivity contribution < 1.29 is 33.8 Å². The van der Waals surface area contributed by atoms with E-state index >= 15 is 0 Å². The number of amides is 2. The van der Waals surface area contributed by atoms with Gasteiger partial charge < -0.3 is 39.8 Å². The van der Waals surface area contributed by atoms with Crippen LogP contribution < -0.4 is 21.5 Å². The van der Waals surface area contributed by atoms with Gasteiger partial charge in [0.15, 0.2) is 0 Å². The van der Waals surface area contributed by atoms with Crippen LogP contribution in [0.1, 0.15) is 42.1 Å². The van der Waals surface area contributed by atoms with Gasteiger partial charge in [-0.1, -0.05) is 60.7 Å². The van der Waals surface area contributed by atoms with Crippen LogP contribution in [0.3, 0.4) is 0 Å². The molecule has 4 aromatic carbocycles. The summed E-state index contributed by atoms with van der Waals surface area (Å²) < 4.78 is 12.8. The number of likely N-dealkylation sites (N-methyl/N-ethyl adjacent to an activating group) is 1. The van der Waals surface area contributed by atoms with Gasteiger partial charge in [0.2, 0.25) is 11.5 Å². The number of epoxide rings is 1. The van der Waals surface area contributed by atoms with Gasteiger partial charge in [0.25, 0.3) is 0 Å². The molecule has 1 aromatic heterocycles. The monoisotopic (exact) mass is 744 g/mol. The number of ether oxygens (including phenoxy) is 2. The Labute approximate surface area is 318 Å². The smallest absolute Gasteiger partial charge is 0.411 e. The number of rotatable bonds is 12. The summed E-state index contributed by atoms with van der Waals surface area (Å²) in [7, 11) is 4.50. The van der Waals surface area contributed by atoms with Crippen LogP contribution in [0.15, 0.2) is 102 Å². The molecule has 5 aromatic rings. The van der Waals surface area contributed by atoms with Gasteiger partial charge in [0.05, 0.1) is 31.4 Å². The minimum Gasteiger partial charge on any atom is -0.506 e. The molecular weight excluding hydrogens is 699 g/mol. The molecule has 0 aliphatic carbocycles. The lowest BCUT2D eigenvalue weighted by Crippen LogP contribution is -2.60. The van der Waals surface area contributed by atoms with Crippen LogP contribution in [0, 0.1) is 0 Å². The van der Waals surface area contributed by atoms with Crippen molar-refractivity contribution in [2.24, 2.45) is 0 Å². The standard InChI is InChI=1S/C43H45N5O7/c1-48(2)34-21-29(22-35(48)42-41(34)55-42)54-43(53)46-33-20-25(10-14-30(33)27-6-4-3-5-7-27)11-18-38(51)45-28-12-8-26(9-13-28)23-44-24-37(50)31-15-17-36(49)40-32(31)16-19-39(52)47-40/h3-10,12-17,19-20,29,34-35,37,41-42,44,50H,11,18,21-24H2,1-2H3,(H3-,45,46,47,49,51,52,53)/p+1/t29-,34-,35+,37-,41-,42+/m0/s1. The van der Waals surface area contributed by atoms with E-state index in [1.807, 2.05) is 72.8 Å². The molecule has 3 saturated heterocycles. The lowest BCUT2D eigenvalue weighted by atomic mass is 9.96. The van der Waals surface area contributed by atoms with Crippen molar-refractivity contribution in [3.63, 3.8) is 0 Å². The van der Waals surface area contributed by atoms with Gasteiger partial charge in [-0.15, -0.1) is 0 Å². The molecule has 2 bridgehead atoms. The van der Waals surface area contributed by atoms with Gasteiger partial charge in [-0.25, -0.2) is 4.79 Å². The molecule has 3 aliphatic heterocycles. The molecule has 3 aliphatic rings. The Balaban J connectivity index is 0.840. The number of aliphatic hydroxyl groups is 1. The number of nitrogens with zero attached hydrogens (tertiary/aromatic N) is 1. The first kappa shape index (κ1) is 36.4. The molecule has 12 heteroatoms. The molecule has 6 N–H and O–H groups in total. The third-order valence-corrected chi connectivity index (χ3v) is 11.5. The fraction of sp³-hybridized carbons (Fsp3) is 0.326. The third-order valence-electron chi connectivity index (χ3n) is 11.5. The number of hydrogen-bond acceptors (Lipinski definition) is 8. The molecule has 0 spiro atoms. The lowest BCUT2D eigenvalue weighted by Gasteiger charge is -2.45. The average molecular weight is 745 g/mol. The topological polar surface area (TPSA) is 165 Å². The van der Waals surface area contributed by atoms with E-state index in [1.165, 1.54) is 12.1 Å². The number of aliphatic hydroxyl groups excluding tert-OH is 1. The Morgan fingerprint density at radius 3 is 2.38 bits per heavy atom. The van der Waals surface area contributed by atoms with Crippen LogP contribution in [0.2, 0.25) is 0 Å². The van der Waals surface area contributed by atoms with E-state index in [-0.39, 0.29) is 48.5 Å². The van der Waals surface area contributed by atoms with Crippen LogP contribution >= 0.6 is 0 Å². The number of aromatic nitrogens is 1. The number of carbonyl (C=O) groups excluding carboxylic acids is 2. The molecule has 55 heavy (non-hydrogen) atoms. The number of morpholine rings is 1. The summed E-state index contributed by atoms with van der Waals surface area (Å²) >= 11 is 0. The number of H-pyrrole nitrogens is 1. The summed E-state index contributed by atoms with van der Waals surface area (Å²) in [6, 6.07) is 30.0. The number of fused-ring (bicyclic) bond motifs is 6. The van der Waals surface area contributed by atoms with Crippen LogP contribution in [-0.4, -0.2) is 82.7 Å². The fourth-order valence-corrected chi connectivity index (χ4v) is 8.51. The predicted molar refractivity (Wildman–Crippen MR) is 210 cm³/mol. The van der Waals surface area contributed by atoms with Gasteiger partial charge in [0.1, 0.15) is 36.1 Å². The Hall–Kier alpha value is -5.53. The number of aryl methyl sites for hydroxylation is 1. The van der Waals surface area contributed by atoms with Crippen molar-refractivity contribution in [1.82, 2.24) is 10.3 Å². The number of pyridine rings is 1. The SMILES string of the molecule is C[N+]1(C)[C@@H]2C[C@@H](OC(=O)Nc3cc(CCC(=O)Nc4ccc(CNC[C@H](O)c5ccc(O)c6[nH]c(=O)ccc56)cc4)ccc3-c3ccccc3)C[C@H]1[C@@H]1O[C@@H]12. The number of phenols is 1. The van der Waals surface area contributed by atoms with E-state index in [9.17, 15) is 24.6 Å². The number of hydrogen-bond donors (Lipinski definition) is 6. The quantitative estimate of drug-likeness (QED) is 0.0710. The van der Waals surface area contributed by atoms with E-state index in [0.717, 1.165) is 39.6 Å². The van der Waals surface area contributed by atoms with Crippen LogP contribution in [0.25, 0.3) is 22.0 Å². The number of quaternary nitrogens is 1. The minimum absolute atomic E-state index is 0.0564. The number of aromatic hydroxyl groups is 1. The molecule has 0 saturated carbocycles. The second-order valence-corrected chi connectivity index (χ2v) is 15.4. The summed E-state index contributed by atoms with van der Waals surface area (Å²) in [5, 5.41) is 30.8. The highest BCUT2D eigenvalue weighted by atomic mass is 16.6. The first-order valence-electron chi connectivity index (χ1n) is 18.8. The zero-order valence-corrected chi connectivity index (χ0v) is 30.8.